The minimum atomic E-state index is -0.504. The molecule has 0 aliphatic carbocycles. The lowest BCUT2D eigenvalue weighted by Gasteiger charge is -2.25. The van der Waals surface area contributed by atoms with E-state index in [1.54, 1.807) is 11.9 Å². The van der Waals surface area contributed by atoms with Crippen LogP contribution in [0.2, 0.25) is 0 Å². The predicted molar refractivity (Wildman–Crippen MR) is 92.1 cm³/mol. The summed E-state index contributed by atoms with van der Waals surface area (Å²) in [7, 11) is 0. The lowest BCUT2D eigenvalue weighted by atomic mass is 10.2. The summed E-state index contributed by atoms with van der Waals surface area (Å²) in [5, 5.41) is 13.0. The average molecular weight is 321 g/mol. The van der Waals surface area contributed by atoms with E-state index in [0.29, 0.717) is 5.82 Å². The molecule has 0 atom stereocenters. The van der Waals surface area contributed by atoms with E-state index in [1.165, 1.54) is 6.20 Å². The molecule has 0 saturated heterocycles. The first-order valence-corrected chi connectivity index (χ1v) is 7.30. The molecule has 0 spiro atoms. The molecule has 3 rings (SSSR count). The number of nitro groups is 1. The second kappa shape index (κ2) is 6.74. The number of rotatable bonds is 5. The van der Waals surface area contributed by atoms with Gasteiger partial charge in [0, 0.05) is 0 Å². The SMILES string of the molecule is Cc1ncc([N+](=O)[O-])c(NN(c2ccccc2)c2ccccc2)n1. The highest BCUT2D eigenvalue weighted by molar-refractivity contribution is 5.69. The molecule has 7 nitrogen and oxygen atoms in total. The van der Waals surface area contributed by atoms with Gasteiger partial charge < -0.3 is 0 Å². The van der Waals surface area contributed by atoms with E-state index in [4.69, 9.17) is 0 Å². The largest absolute Gasteiger partial charge is 0.331 e. The number of benzene rings is 2. The van der Waals surface area contributed by atoms with Gasteiger partial charge >= 0.3 is 5.69 Å². The summed E-state index contributed by atoms with van der Waals surface area (Å²) in [6, 6.07) is 19.0. The van der Waals surface area contributed by atoms with Gasteiger partial charge in [-0.3, -0.25) is 20.5 Å². The minimum absolute atomic E-state index is 0.139. The summed E-state index contributed by atoms with van der Waals surface area (Å²) in [5.74, 6) is 0.587. The second-order valence-electron chi connectivity index (χ2n) is 5.03. The van der Waals surface area contributed by atoms with Gasteiger partial charge in [0.25, 0.3) is 0 Å². The van der Waals surface area contributed by atoms with Crippen molar-refractivity contribution >= 4 is 22.9 Å². The van der Waals surface area contributed by atoms with Crippen molar-refractivity contribution in [2.45, 2.75) is 6.92 Å². The normalized spacial score (nSPS) is 10.2. The summed E-state index contributed by atoms with van der Waals surface area (Å²) in [6.07, 6.45) is 1.21. The van der Waals surface area contributed by atoms with Crippen molar-refractivity contribution in [1.82, 2.24) is 9.97 Å². The Morgan fingerprint density at radius 1 is 1.00 bits per heavy atom. The van der Waals surface area contributed by atoms with Crippen molar-refractivity contribution in [1.29, 1.82) is 0 Å². The van der Waals surface area contributed by atoms with Crippen LogP contribution in [0.25, 0.3) is 0 Å². The third-order valence-electron chi connectivity index (χ3n) is 3.33. The molecule has 0 saturated carbocycles. The van der Waals surface area contributed by atoms with Crippen LogP contribution in [0.15, 0.2) is 66.9 Å². The Labute approximate surface area is 138 Å². The topological polar surface area (TPSA) is 84.2 Å². The Kier molecular flexibility index (Phi) is 4.33. The van der Waals surface area contributed by atoms with Crippen LogP contribution in [-0.4, -0.2) is 14.9 Å². The van der Waals surface area contributed by atoms with Crippen LogP contribution in [0.3, 0.4) is 0 Å². The second-order valence-corrected chi connectivity index (χ2v) is 5.03. The van der Waals surface area contributed by atoms with Crippen molar-refractivity contribution in [3.05, 3.63) is 82.8 Å². The molecular formula is C17H15N5O2. The lowest BCUT2D eigenvalue weighted by Crippen LogP contribution is -2.25. The fraction of sp³-hybridized carbons (Fsp3) is 0.0588. The number of aromatic nitrogens is 2. The highest BCUT2D eigenvalue weighted by atomic mass is 16.6. The molecule has 0 aliphatic rings. The number of nitrogens with one attached hydrogen (secondary N) is 1. The number of hydrogen-bond donors (Lipinski definition) is 1. The summed E-state index contributed by atoms with van der Waals surface area (Å²) >= 11 is 0. The Morgan fingerprint density at radius 3 is 2.04 bits per heavy atom. The third-order valence-corrected chi connectivity index (χ3v) is 3.33. The van der Waals surface area contributed by atoms with Gasteiger partial charge in [-0.1, -0.05) is 36.4 Å². The van der Waals surface area contributed by atoms with Gasteiger partial charge in [-0.15, -0.1) is 0 Å². The molecule has 1 N–H and O–H groups in total. The van der Waals surface area contributed by atoms with E-state index < -0.39 is 4.92 Å². The van der Waals surface area contributed by atoms with Gasteiger partial charge in [0.2, 0.25) is 5.82 Å². The van der Waals surface area contributed by atoms with Crippen LogP contribution in [0.1, 0.15) is 5.82 Å². The molecule has 24 heavy (non-hydrogen) atoms. The molecule has 0 amide bonds. The summed E-state index contributed by atoms with van der Waals surface area (Å²) in [5.41, 5.74) is 4.52. The van der Waals surface area contributed by atoms with E-state index in [2.05, 4.69) is 15.4 Å². The van der Waals surface area contributed by atoms with Crippen LogP contribution in [-0.2, 0) is 0 Å². The first kappa shape index (κ1) is 15.4. The Balaban J connectivity index is 2.05. The zero-order chi connectivity index (χ0) is 16.9. The molecule has 0 bridgehead atoms. The highest BCUT2D eigenvalue weighted by Crippen LogP contribution is 2.28. The number of anilines is 3. The van der Waals surface area contributed by atoms with Gasteiger partial charge in [-0.2, -0.15) is 0 Å². The van der Waals surface area contributed by atoms with E-state index in [0.717, 1.165) is 11.4 Å². The van der Waals surface area contributed by atoms with Gasteiger partial charge in [0.05, 0.1) is 16.3 Å². The van der Waals surface area contributed by atoms with E-state index >= 15 is 0 Å². The first-order valence-electron chi connectivity index (χ1n) is 7.30. The molecule has 0 fully saturated rings. The van der Waals surface area contributed by atoms with Crippen LogP contribution in [0.4, 0.5) is 22.9 Å². The van der Waals surface area contributed by atoms with Gasteiger partial charge in [-0.05, 0) is 31.2 Å². The first-order chi connectivity index (χ1) is 11.6. The monoisotopic (exact) mass is 321 g/mol. The zero-order valence-electron chi connectivity index (χ0n) is 13.0. The van der Waals surface area contributed by atoms with Crippen molar-refractivity contribution in [3.63, 3.8) is 0 Å². The van der Waals surface area contributed by atoms with Gasteiger partial charge in [0.15, 0.2) is 0 Å². The zero-order valence-corrected chi connectivity index (χ0v) is 13.0. The molecular weight excluding hydrogens is 306 g/mol. The predicted octanol–water partition coefficient (Wildman–Crippen LogP) is 3.86. The van der Waals surface area contributed by atoms with Crippen molar-refractivity contribution in [2.75, 3.05) is 10.4 Å². The van der Waals surface area contributed by atoms with Crippen LogP contribution >= 0.6 is 0 Å². The van der Waals surface area contributed by atoms with Crippen molar-refractivity contribution < 1.29 is 4.92 Å². The number of nitrogens with zero attached hydrogens (tertiary/aromatic N) is 4. The smallest absolute Gasteiger partial charge is 0.271 e. The summed E-state index contributed by atoms with van der Waals surface area (Å²) in [4.78, 5) is 18.8. The van der Waals surface area contributed by atoms with Gasteiger partial charge in [-0.25, -0.2) is 9.97 Å². The molecule has 2 aromatic carbocycles. The molecule has 3 aromatic rings. The lowest BCUT2D eigenvalue weighted by molar-refractivity contribution is -0.384. The standard InChI is InChI=1S/C17H15N5O2/c1-13-18-12-16(22(23)24)17(19-13)20-21(14-8-4-2-5-9-14)15-10-6-3-7-11-15/h2-12H,1H3,(H,18,19,20). The number of para-hydroxylation sites is 2. The van der Waals surface area contributed by atoms with Crippen LogP contribution in [0.5, 0.6) is 0 Å². The maximum Gasteiger partial charge on any atom is 0.331 e. The molecule has 7 heteroatoms. The maximum atomic E-state index is 11.3. The molecule has 0 unspecified atom stereocenters. The fourth-order valence-corrected chi connectivity index (χ4v) is 2.22. The summed E-state index contributed by atoms with van der Waals surface area (Å²) in [6.45, 7) is 1.68. The molecule has 1 heterocycles. The Bertz CT molecular complexity index is 801. The fourth-order valence-electron chi connectivity index (χ4n) is 2.22. The number of aryl methyl sites for hydroxylation is 1. The van der Waals surface area contributed by atoms with E-state index in [9.17, 15) is 10.1 Å². The maximum absolute atomic E-state index is 11.3. The average Bonchev–Trinajstić information content (AvgIpc) is 2.61. The molecule has 1 aromatic heterocycles. The van der Waals surface area contributed by atoms with E-state index in [1.807, 2.05) is 60.7 Å². The Hall–Kier alpha value is -3.48. The minimum Gasteiger partial charge on any atom is -0.271 e. The molecule has 0 aliphatic heterocycles. The third kappa shape index (κ3) is 3.30. The summed E-state index contributed by atoms with van der Waals surface area (Å²) < 4.78 is 0. The van der Waals surface area contributed by atoms with Gasteiger partial charge in [0.1, 0.15) is 12.0 Å². The molecule has 0 radical (unpaired) electrons. The van der Waals surface area contributed by atoms with Crippen molar-refractivity contribution in [2.24, 2.45) is 0 Å². The number of hydrogen-bond acceptors (Lipinski definition) is 6. The van der Waals surface area contributed by atoms with Crippen LogP contribution < -0.4 is 10.4 Å². The quantitative estimate of drug-likeness (QED) is 0.567. The highest BCUT2D eigenvalue weighted by Gasteiger charge is 2.20. The van der Waals surface area contributed by atoms with E-state index in [-0.39, 0.29) is 11.5 Å². The Morgan fingerprint density at radius 2 is 1.54 bits per heavy atom. The van der Waals surface area contributed by atoms with Crippen molar-refractivity contribution in [3.8, 4) is 0 Å². The van der Waals surface area contributed by atoms with Crippen LogP contribution in [0, 0.1) is 17.0 Å². The number of hydrazine groups is 1. The molecule has 120 valence electrons.